The Labute approximate surface area is 144 Å². The molecule has 1 atom stereocenters. The third-order valence-electron chi connectivity index (χ3n) is 4.69. The maximum absolute atomic E-state index is 13.1. The summed E-state index contributed by atoms with van der Waals surface area (Å²) < 4.78 is 27.9. The molecule has 0 saturated carbocycles. The zero-order valence-corrected chi connectivity index (χ0v) is 15.7. The first kappa shape index (κ1) is 20.4. The molecule has 0 fully saturated rings. The van der Waals surface area contributed by atoms with Gasteiger partial charge in [0.1, 0.15) is 10.8 Å². The molecule has 0 aliphatic heterocycles. The number of hydrogen-bond acceptors (Lipinski definition) is 1. The van der Waals surface area contributed by atoms with Gasteiger partial charge in [0.2, 0.25) is 0 Å². The van der Waals surface area contributed by atoms with Crippen LogP contribution in [0.3, 0.4) is 0 Å². The van der Waals surface area contributed by atoms with E-state index < -0.39 is 6.43 Å². The molecule has 0 aliphatic carbocycles. The van der Waals surface area contributed by atoms with Gasteiger partial charge >= 0.3 is 0 Å². The minimum absolute atomic E-state index is 0.177. The van der Waals surface area contributed by atoms with Crippen molar-refractivity contribution < 1.29 is 8.78 Å². The standard InChI is InChI=1S/C18H31ClF2N2/c1-5-7-9-10-11-13-18(4,12-8-6-2)23-16(19)14(3)15(22-23)17(20)21/h17H,5-13H2,1-4H3. The Morgan fingerprint density at radius 2 is 1.61 bits per heavy atom. The van der Waals surface area contributed by atoms with Crippen LogP contribution in [0.5, 0.6) is 0 Å². The van der Waals surface area contributed by atoms with Crippen molar-refractivity contribution in [2.75, 3.05) is 0 Å². The number of nitrogens with zero attached hydrogens (tertiary/aromatic N) is 2. The van der Waals surface area contributed by atoms with Crippen LogP contribution in [0.25, 0.3) is 0 Å². The highest BCUT2D eigenvalue weighted by atomic mass is 35.5. The number of hydrogen-bond donors (Lipinski definition) is 0. The first-order chi connectivity index (χ1) is 10.9. The van der Waals surface area contributed by atoms with Crippen LogP contribution in [-0.4, -0.2) is 9.78 Å². The van der Waals surface area contributed by atoms with Gasteiger partial charge in [0, 0.05) is 5.56 Å². The van der Waals surface area contributed by atoms with Crippen molar-refractivity contribution in [3.8, 4) is 0 Å². The van der Waals surface area contributed by atoms with Crippen LogP contribution in [0.15, 0.2) is 0 Å². The quantitative estimate of drug-likeness (QED) is 0.392. The molecule has 134 valence electrons. The average Bonchev–Trinajstić information content (AvgIpc) is 2.82. The molecule has 0 radical (unpaired) electrons. The van der Waals surface area contributed by atoms with Crippen molar-refractivity contribution in [2.24, 2.45) is 0 Å². The van der Waals surface area contributed by atoms with Crippen molar-refractivity contribution in [1.29, 1.82) is 0 Å². The summed E-state index contributed by atoms with van der Waals surface area (Å²) in [6.07, 6.45) is 7.35. The number of rotatable bonds is 11. The van der Waals surface area contributed by atoms with Gasteiger partial charge in [-0.25, -0.2) is 13.5 Å². The predicted molar refractivity (Wildman–Crippen MR) is 93.5 cm³/mol. The SMILES string of the molecule is CCCCCCCC(C)(CCCC)n1nc(C(F)F)c(C)c1Cl. The average molecular weight is 349 g/mol. The Morgan fingerprint density at radius 1 is 1.04 bits per heavy atom. The first-order valence-corrected chi connectivity index (χ1v) is 9.28. The summed E-state index contributed by atoms with van der Waals surface area (Å²) in [5, 5.41) is 4.55. The zero-order chi connectivity index (χ0) is 17.5. The Hall–Kier alpha value is -0.640. The number of alkyl halides is 2. The molecule has 1 unspecified atom stereocenters. The minimum atomic E-state index is -2.58. The fourth-order valence-electron chi connectivity index (χ4n) is 3.06. The van der Waals surface area contributed by atoms with Crippen LogP contribution < -0.4 is 0 Å². The van der Waals surface area contributed by atoms with Crippen LogP contribution in [0.2, 0.25) is 5.15 Å². The van der Waals surface area contributed by atoms with Crippen molar-refractivity contribution in [1.82, 2.24) is 9.78 Å². The lowest BCUT2D eigenvalue weighted by Gasteiger charge is -2.31. The second-order valence-electron chi connectivity index (χ2n) is 6.78. The van der Waals surface area contributed by atoms with E-state index in [9.17, 15) is 8.78 Å². The molecular weight excluding hydrogens is 318 g/mol. The number of halogens is 3. The van der Waals surface area contributed by atoms with E-state index in [1.807, 2.05) is 0 Å². The van der Waals surface area contributed by atoms with Gasteiger partial charge in [0.05, 0.1) is 5.54 Å². The van der Waals surface area contributed by atoms with E-state index in [1.165, 1.54) is 25.7 Å². The normalized spacial score (nSPS) is 14.4. The fraction of sp³-hybridized carbons (Fsp3) is 0.833. The Kier molecular flexibility index (Phi) is 8.52. The minimum Gasteiger partial charge on any atom is -0.247 e. The topological polar surface area (TPSA) is 17.8 Å². The predicted octanol–water partition coefficient (Wildman–Crippen LogP) is 7.05. The third kappa shape index (κ3) is 5.44. The molecule has 23 heavy (non-hydrogen) atoms. The van der Waals surface area contributed by atoms with Gasteiger partial charge in [0.25, 0.3) is 6.43 Å². The number of unbranched alkanes of at least 4 members (excludes halogenated alkanes) is 5. The van der Waals surface area contributed by atoms with E-state index in [0.29, 0.717) is 10.7 Å². The van der Waals surface area contributed by atoms with Gasteiger partial charge in [-0.3, -0.25) is 0 Å². The van der Waals surface area contributed by atoms with Crippen LogP contribution >= 0.6 is 11.6 Å². The molecular formula is C18H31ClF2N2. The summed E-state index contributed by atoms with van der Waals surface area (Å²) >= 11 is 6.35. The summed E-state index contributed by atoms with van der Waals surface area (Å²) in [6, 6.07) is 0. The first-order valence-electron chi connectivity index (χ1n) is 8.91. The van der Waals surface area contributed by atoms with Crippen LogP contribution in [0, 0.1) is 6.92 Å². The summed E-state index contributed by atoms with van der Waals surface area (Å²) in [7, 11) is 0. The third-order valence-corrected chi connectivity index (χ3v) is 5.14. The highest BCUT2D eigenvalue weighted by Crippen LogP contribution is 2.36. The van der Waals surface area contributed by atoms with Crippen LogP contribution in [0.1, 0.15) is 96.2 Å². The highest BCUT2D eigenvalue weighted by Gasteiger charge is 2.32. The lowest BCUT2D eigenvalue weighted by Crippen LogP contribution is -2.31. The molecule has 0 N–H and O–H groups in total. The van der Waals surface area contributed by atoms with Crippen molar-refractivity contribution >= 4 is 11.6 Å². The van der Waals surface area contributed by atoms with E-state index in [0.717, 1.165) is 32.1 Å². The summed E-state index contributed by atoms with van der Waals surface area (Å²) in [5.74, 6) is 0. The Bertz CT molecular complexity index is 474. The fourth-order valence-corrected chi connectivity index (χ4v) is 3.40. The molecule has 1 aromatic rings. The summed E-state index contributed by atoms with van der Waals surface area (Å²) in [5.41, 5.74) is -0.0453. The van der Waals surface area contributed by atoms with E-state index >= 15 is 0 Å². The molecule has 0 aliphatic rings. The van der Waals surface area contributed by atoms with Crippen LogP contribution in [0.4, 0.5) is 8.78 Å². The van der Waals surface area contributed by atoms with Gasteiger partial charge in [-0.2, -0.15) is 5.10 Å². The molecule has 0 saturated heterocycles. The monoisotopic (exact) mass is 348 g/mol. The van der Waals surface area contributed by atoms with E-state index in [4.69, 9.17) is 11.6 Å². The summed E-state index contributed by atoms with van der Waals surface area (Å²) in [4.78, 5) is 0. The second kappa shape index (κ2) is 9.61. The molecule has 2 nitrogen and oxygen atoms in total. The van der Waals surface area contributed by atoms with Gasteiger partial charge in [0.15, 0.2) is 0 Å². The number of aromatic nitrogens is 2. The molecule has 1 heterocycles. The van der Waals surface area contributed by atoms with Gasteiger partial charge in [-0.05, 0) is 26.7 Å². The largest absolute Gasteiger partial charge is 0.282 e. The Balaban J connectivity index is 2.93. The van der Waals surface area contributed by atoms with Crippen LogP contribution in [-0.2, 0) is 5.54 Å². The maximum atomic E-state index is 13.1. The van der Waals surface area contributed by atoms with E-state index in [2.05, 4.69) is 25.9 Å². The van der Waals surface area contributed by atoms with E-state index in [-0.39, 0.29) is 11.2 Å². The van der Waals surface area contributed by atoms with Gasteiger partial charge < -0.3 is 0 Å². The summed E-state index contributed by atoms with van der Waals surface area (Å²) in [6.45, 7) is 8.08. The van der Waals surface area contributed by atoms with Gasteiger partial charge in [-0.15, -0.1) is 0 Å². The molecule has 0 aromatic carbocycles. The highest BCUT2D eigenvalue weighted by molar-refractivity contribution is 6.30. The molecule has 0 spiro atoms. The van der Waals surface area contributed by atoms with Crippen molar-refractivity contribution in [2.45, 2.75) is 97.4 Å². The van der Waals surface area contributed by atoms with Gasteiger partial charge in [-0.1, -0.05) is 70.4 Å². The Morgan fingerprint density at radius 3 is 2.13 bits per heavy atom. The zero-order valence-electron chi connectivity index (χ0n) is 15.0. The molecule has 5 heteroatoms. The molecule has 0 amide bonds. The lowest BCUT2D eigenvalue weighted by atomic mass is 9.88. The molecule has 0 bridgehead atoms. The van der Waals surface area contributed by atoms with Crippen molar-refractivity contribution in [3.05, 3.63) is 16.4 Å². The second-order valence-corrected chi connectivity index (χ2v) is 7.14. The lowest BCUT2D eigenvalue weighted by molar-refractivity contribution is 0.140. The van der Waals surface area contributed by atoms with Crippen molar-refractivity contribution in [3.63, 3.8) is 0 Å². The smallest absolute Gasteiger partial charge is 0.247 e. The molecule has 1 aromatic heterocycles. The maximum Gasteiger partial charge on any atom is 0.282 e. The van der Waals surface area contributed by atoms with E-state index in [1.54, 1.807) is 11.6 Å². The molecule has 1 rings (SSSR count).